The van der Waals surface area contributed by atoms with E-state index >= 15 is 0 Å². The van der Waals surface area contributed by atoms with Crippen molar-refractivity contribution in [3.8, 4) is 0 Å². The van der Waals surface area contributed by atoms with Crippen molar-refractivity contribution in [2.75, 3.05) is 13.1 Å². The summed E-state index contributed by atoms with van der Waals surface area (Å²) in [5.41, 5.74) is 3.57. The molecule has 5 rings (SSSR count). The molecule has 0 unspecified atom stereocenters. The molecule has 1 aliphatic rings. The number of likely N-dealkylation sites (tertiary alicyclic amines) is 1. The highest BCUT2D eigenvalue weighted by Gasteiger charge is 2.28. The third-order valence-electron chi connectivity index (χ3n) is 5.97. The molecular weight excluding hydrogens is 404 g/mol. The number of carbonyl (C=O) groups is 1. The van der Waals surface area contributed by atoms with Gasteiger partial charge in [0.05, 0.1) is 22.6 Å². The van der Waals surface area contributed by atoms with Crippen molar-refractivity contribution >= 4 is 39.6 Å². The highest BCUT2D eigenvalue weighted by Crippen LogP contribution is 2.28. The molecular formula is C22H21ClN4O3. The number of aromatic nitrogens is 3. The number of piperidine rings is 1. The summed E-state index contributed by atoms with van der Waals surface area (Å²) in [5.74, 6) is 0.429. The molecule has 2 aromatic carbocycles. The average molecular weight is 425 g/mol. The first kappa shape index (κ1) is 18.9. The maximum atomic E-state index is 13.2. The Bertz CT molecular complexity index is 1350. The van der Waals surface area contributed by atoms with Gasteiger partial charge in [-0.3, -0.25) is 9.36 Å². The summed E-state index contributed by atoms with van der Waals surface area (Å²) in [6, 6.07) is 10.6. The molecule has 30 heavy (non-hydrogen) atoms. The molecule has 1 saturated heterocycles. The van der Waals surface area contributed by atoms with Gasteiger partial charge in [-0.1, -0.05) is 11.6 Å². The summed E-state index contributed by atoms with van der Waals surface area (Å²) < 4.78 is 9.02. The smallest absolute Gasteiger partial charge is 0.408 e. The van der Waals surface area contributed by atoms with Crippen LogP contribution < -0.4 is 5.76 Å². The van der Waals surface area contributed by atoms with Gasteiger partial charge in [0.1, 0.15) is 5.82 Å². The third-order valence-corrected chi connectivity index (χ3v) is 6.21. The lowest BCUT2D eigenvalue weighted by Gasteiger charge is -2.33. The summed E-state index contributed by atoms with van der Waals surface area (Å²) >= 11 is 6.13. The zero-order chi connectivity index (χ0) is 21.0. The van der Waals surface area contributed by atoms with E-state index in [0.717, 1.165) is 29.7 Å². The van der Waals surface area contributed by atoms with Gasteiger partial charge in [0.2, 0.25) is 0 Å². The fraction of sp³-hybridized carbons (Fsp3) is 0.318. The first-order chi connectivity index (χ1) is 14.4. The molecule has 7 nitrogen and oxygen atoms in total. The Morgan fingerprint density at radius 2 is 2.03 bits per heavy atom. The largest absolute Gasteiger partial charge is 0.420 e. The van der Waals surface area contributed by atoms with Gasteiger partial charge in [-0.15, -0.1) is 0 Å². The number of nitrogens with zero attached hydrogens (tertiary/aromatic N) is 4. The predicted octanol–water partition coefficient (Wildman–Crippen LogP) is 3.92. The molecule has 8 heteroatoms. The highest BCUT2D eigenvalue weighted by molar-refractivity contribution is 6.31. The molecule has 0 saturated carbocycles. The second-order valence-electron chi connectivity index (χ2n) is 7.82. The molecule has 0 aliphatic carbocycles. The Morgan fingerprint density at radius 1 is 1.20 bits per heavy atom. The molecule has 1 amide bonds. The second kappa shape index (κ2) is 7.02. The van der Waals surface area contributed by atoms with E-state index in [9.17, 15) is 9.59 Å². The second-order valence-corrected chi connectivity index (χ2v) is 8.26. The summed E-state index contributed by atoms with van der Waals surface area (Å²) in [5, 5.41) is 0.541. The normalized spacial score (nSPS) is 17.2. The van der Waals surface area contributed by atoms with E-state index in [1.807, 2.05) is 36.7 Å². The number of rotatable bonds is 2. The fourth-order valence-corrected chi connectivity index (χ4v) is 4.50. The summed E-state index contributed by atoms with van der Waals surface area (Å²) in [7, 11) is 1.96. The van der Waals surface area contributed by atoms with Crippen LogP contribution in [0.3, 0.4) is 0 Å². The third kappa shape index (κ3) is 3.01. The number of carbonyl (C=O) groups excluding carboxylic acids is 1. The summed E-state index contributed by atoms with van der Waals surface area (Å²) in [4.78, 5) is 32.1. The van der Waals surface area contributed by atoms with Gasteiger partial charge in [0.15, 0.2) is 5.58 Å². The van der Waals surface area contributed by atoms with Gasteiger partial charge < -0.3 is 13.9 Å². The monoisotopic (exact) mass is 424 g/mol. The predicted molar refractivity (Wildman–Crippen MR) is 115 cm³/mol. The molecule has 0 N–H and O–H groups in total. The Balaban J connectivity index is 1.46. The molecule has 4 aromatic rings. The number of hydrogen-bond acceptors (Lipinski definition) is 4. The fourth-order valence-electron chi connectivity index (χ4n) is 4.34. The van der Waals surface area contributed by atoms with Crippen molar-refractivity contribution in [3.63, 3.8) is 0 Å². The van der Waals surface area contributed by atoms with Crippen LogP contribution in [0.4, 0.5) is 0 Å². The van der Waals surface area contributed by atoms with Crippen LogP contribution >= 0.6 is 11.6 Å². The number of fused-ring (bicyclic) bond motifs is 2. The van der Waals surface area contributed by atoms with Crippen molar-refractivity contribution in [1.82, 2.24) is 19.0 Å². The molecule has 154 valence electrons. The van der Waals surface area contributed by atoms with Crippen LogP contribution in [0, 0.1) is 6.92 Å². The molecule has 0 radical (unpaired) electrons. The van der Waals surface area contributed by atoms with E-state index < -0.39 is 5.76 Å². The van der Waals surface area contributed by atoms with Gasteiger partial charge >= 0.3 is 5.76 Å². The lowest BCUT2D eigenvalue weighted by atomic mass is 10.0. The van der Waals surface area contributed by atoms with Crippen molar-refractivity contribution < 1.29 is 9.21 Å². The summed E-state index contributed by atoms with van der Waals surface area (Å²) in [6.45, 7) is 3.04. The Kier molecular flexibility index (Phi) is 4.43. The van der Waals surface area contributed by atoms with Crippen LogP contribution in [0.2, 0.25) is 5.02 Å². The number of halogens is 1. The minimum atomic E-state index is -0.419. The van der Waals surface area contributed by atoms with Crippen molar-refractivity contribution in [1.29, 1.82) is 0 Å². The Labute approximate surface area is 177 Å². The van der Waals surface area contributed by atoms with E-state index in [-0.39, 0.29) is 11.9 Å². The van der Waals surface area contributed by atoms with E-state index in [1.54, 1.807) is 27.7 Å². The average Bonchev–Trinajstić information content (AvgIpc) is 3.22. The molecule has 1 fully saturated rings. The van der Waals surface area contributed by atoms with Crippen molar-refractivity contribution in [2.45, 2.75) is 25.8 Å². The van der Waals surface area contributed by atoms with Gasteiger partial charge in [0.25, 0.3) is 5.91 Å². The van der Waals surface area contributed by atoms with Crippen molar-refractivity contribution in [3.05, 3.63) is 63.4 Å². The zero-order valence-electron chi connectivity index (χ0n) is 16.8. The van der Waals surface area contributed by atoms with Gasteiger partial charge in [-0.2, -0.15) is 0 Å². The molecule has 1 atom stereocenters. The number of imidazole rings is 1. The topological polar surface area (TPSA) is 73.3 Å². The number of hydrogen-bond donors (Lipinski definition) is 0. The highest BCUT2D eigenvalue weighted by atomic mass is 35.5. The van der Waals surface area contributed by atoms with Gasteiger partial charge in [0, 0.05) is 30.7 Å². The lowest BCUT2D eigenvalue weighted by molar-refractivity contribution is 0.0677. The lowest BCUT2D eigenvalue weighted by Crippen LogP contribution is -2.42. The zero-order valence-corrected chi connectivity index (χ0v) is 17.5. The van der Waals surface area contributed by atoms with E-state index in [1.165, 1.54) is 0 Å². The van der Waals surface area contributed by atoms with Crippen LogP contribution in [0.15, 0.2) is 45.6 Å². The maximum Gasteiger partial charge on any atom is 0.420 e. The number of amides is 1. The number of oxazole rings is 1. The first-order valence-electron chi connectivity index (χ1n) is 9.95. The van der Waals surface area contributed by atoms with E-state index in [4.69, 9.17) is 16.0 Å². The molecule has 0 spiro atoms. The SMILES string of the molecule is Cc1nc2cc(C(=O)N3CCC[C@H](n4c(=O)oc5ccc(Cl)cc54)C3)ccc2n1C. The Morgan fingerprint density at radius 3 is 2.87 bits per heavy atom. The van der Waals surface area contributed by atoms with Gasteiger partial charge in [-0.25, -0.2) is 9.78 Å². The number of aryl methyl sites for hydroxylation is 2. The van der Waals surface area contributed by atoms with Gasteiger partial charge in [-0.05, 0) is 56.2 Å². The van der Waals surface area contributed by atoms with Crippen molar-refractivity contribution in [2.24, 2.45) is 7.05 Å². The number of benzene rings is 2. The van der Waals surface area contributed by atoms with Crippen LogP contribution in [0.5, 0.6) is 0 Å². The maximum absolute atomic E-state index is 13.2. The quantitative estimate of drug-likeness (QED) is 0.489. The van der Waals surface area contributed by atoms with Crippen LogP contribution in [-0.4, -0.2) is 38.0 Å². The molecule has 2 aromatic heterocycles. The van der Waals surface area contributed by atoms with Crippen LogP contribution in [-0.2, 0) is 7.05 Å². The van der Waals surface area contributed by atoms with E-state index in [0.29, 0.717) is 34.8 Å². The Hall–Kier alpha value is -3.06. The molecule has 3 heterocycles. The molecule has 1 aliphatic heterocycles. The first-order valence-corrected chi connectivity index (χ1v) is 10.3. The molecule has 0 bridgehead atoms. The standard InChI is InChI=1S/C22H21ClN4O3/c1-13-24-17-10-14(5-7-18(17)25(13)2)21(28)26-9-3-4-16(12-26)27-19-11-15(23)6-8-20(19)30-22(27)29/h5-8,10-11,16H,3-4,9,12H2,1-2H3/t16-/m0/s1. The van der Waals surface area contributed by atoms with Crippen LogP contribution in [0.1, 0.15) is 35.1 Å². The summed E-state index contributed by atoms with van der Waals surface area (Å²) in [6.07, 6.45) is 1.60. The minimum Gasteiger partial charge on any atom is -0.408 e. The van der Waals surface area contributed by atoms with Crippen LogP contribution in [0.25, 0.3) is 22.1 Å². The minimum absolute atomic E-state index is 0.0520. The van der Waals surface area contributed by atoms with E-state index in [2.05, 4.69) is 4.98 Å².